The SMILES string of the molecule is NC(=O)c1c(N)sc2c1CCC(Cc1cc(Br)no1)(c1ccccc1)C2=O. The summed E-state index contributed by atoms with van der Waals surface area (Å²) < 4.78 is 5.96. The Balaban J connectivity index is 1.86. The lowest BCUT2D eigenvalue weighted by molar-refractivity contribution is 0.0855. The molecule has 27 heavy (non-hydrogen) atoms. The smallest absolute Gasteiger partial charge is 0.251 e. The summed E-state index contributed by atoms with van der Waals surface area (Å²) in [5.74, 6) is -0.0435. The van der Waals surface area contributed by atoms with Crippen LogP contribution in [0.25, 0.3) is 0 Å². The molecule has 4 N–H and O–H groups in total. The number of amides is 1. The molecule has 1 unspecified atom stereocenters. The van der Waals surface area contributed by atoms with Gasteiger partial charge in [-0.3, -0.25) is 9.59 Å². The molecule has 1 aliphatic rings. The number of aromatic nitrogens is 1. The Hall–Kier alpha value is -2.45. The van der Waals surface area contributed by atoms with Gasteiger partial charge < -0.3 is 16.0 Å². The zero-order chi connectivity index (χ0) is 19.2. The fourth-order valence-corrected chi connectivity index (χ4v) is 5.31. The van der Waals surface area contributed by atoms with Gasteiger partial charge in [-0.05, 0) is 39.9 Å². The number of primary amides is 1. The molecule has 2 heterocycles. The van der Waals surface area contributed by atoms with Gasteiger partial charge in [0.1, 0.15) is 10.4 Å². The summed E-state index contributed by atoms with van der Waals surface area (Å²) in [6.45, 7) is 0. The summed E-state index contributed by atoms with van der Waals surface area (Å²) in [4.78, 5) is 26.0. The second-order valence-corrected chi connectivity index (χ2v) is 8.45. The first kappa shape index (κ1) is 17.9. The molecule has 1 amide bonds. The molecule has 138 valence electrons. The van der Waals surface area contributed by atoms with Crippen LogP contribution in [0.15, 0.2) is 45.5 Å². The van der Waals surface area contributed by atoms with Crippen LogP contribution in [0.5, 0.6) is 0 Å². The van der Waals surface area contributed by atoms with Crippen LogP contribution in [0.2, 0.25) is 0 Å². The highest BCUT2D eigenvalue weighted by atomic mass is 79.9. The molecular formula is C19H16BrN3O3S. The third kappa shape index (κ3) is 2.89. The number of anilines is 1. The molecule has 1 aliphatic carbocycles. The van der Waals surface area contributed by atoms with Crippen molar-refractivity contribution in [3.05, 3.63) is 68.3 Å². The first-order valence-electron chi connectivity index (χ1n) is 8.35. The fraction of sp³-hybridized carbons (Fsp3) is 0.211. The summed E-state index contributed by atoms with van der Waals surface area (Å²) in [5, 5.41) is 4.17. The van der Waals surface area contributed by atoms with Crippen molar-refractivity contribution < 1.29 is 14.1 Å². The van der Waals surface area contributed by atoms with Gasteiger partial charge in [-0.15, -0.1) is 11.3 Å². The van der Waals surface area contributed by atoms with Crippen molar-refractivity contribution >= 4 is 44.0 Å². The zero-order valence-corrected chi connectivity index (χ0v) is 16.6. The molecule has 0 aliphatic heterocycles. The van der Waals surface area contributed by atoms with E-state index in [1.807, 2.05) is 30.3 Å². The number of ketones is 1. The Morgan fingerprint density at radius 1 is 1.33 bits per heavy atom. The van der Waals surface area contributed by atoms with Gasteiger partial charge in [0.25, 0.3) is 5.91 Å². The Kier molecular flexibility index (Phi) is 4.39. The highest BCUT2D eigenvalue weighted by Gasteiger charge is 2.47. The van der Waals surface area contributed by atoms with E-state index in [1.165, 1.54) is 0 Å². The fourth-order valence-electron chi connectivity index (χ4n) is 3.82. The predicted molar refractivity (Wildman–Crippen MR) is 106 cm³/mol. The van der Waals surface area contributed by atoms with Gasteiger partial charge in [-0.1, -0.05) is 35.5 Å². The largest absolute Gasteiger partial charge is 0.390 e. The summed E-state index contributed by atoms with van der Waals surface area (Å²) >= 11 is 4.42. The molecule has 2 aromatic heterocycles. The number of benzene rings is 1. The van der Waals surface area contributed by atoms with Crippen LogP contribution >= 0.6 is 27.3 Å². The summed E-state index contributed by atoms with van der Waals surface area (Å²) in [7, 11) is 0. The highest BCUT2D eigenvalue weighted by molar-refractivity contribution is 9.10. The van der Waals surface area contributed by atoms with Gasteiger partial charge in [0.2, 0.25) is 0 Å². The van der Waals surface area contributed by atoms with E-state index in [4.69, 9.17) is 16.0 Å². The molecule has 0 fully saturated rings. The van der Waals surface area contributed by atoms with Crippen LogP contribution in [0.4, 0.5) is 5.00 Å². The lowest BCUT2D eigenvalue weighted by Crippen LogP contribution is -2.41. The van der Waals surface area contributed by atoms with E-state index in [0.717, 1.165) is 16.9 Å². The van der Waals surface area contributed by atoms with E-state index < -0.39 is 11.3 Å². The van der Waals surface area contributed by atoms with Crippen LogP contribution in [0.3, 0.4) is 0 Å². The number of Topliss-reactive ketones (excluding diaryl/α,β-unsaturated/α-hetero) is 1. The van der Waals surface area contributed by atoms with E-state index in [2.05, 4.69) is 21.1 Å². The molecule has 3 aromatic rings. The molecule has 0 spiro atoms. The maximum Gasteiger partial charge on any atom is 0.251 e. The first-order valence-corrected chi connectivity index (χ1v) is 9.95. The number of nitrogens with two attached hydrogens (primary N) is 2. The van der Waals surface area contributed by atoms with Crippen LogP contribution in [-0.4, -0.2) is 16.8 Å². The van der Waals surface area contributed by atoms with Crippen LogP contribution < -0.4 is 11.5 Å². The molecule has 8 heteroatoms. The molecular weight excluding hydrogens is 430 g/mol. The third-order valence-electron chi connectivity index (χ3n) is 5.06. The normalized spacial score (nSPS) is 19.1. The molecule has 0 bridgehead atoms. The van der Waals surface area contributed by atoms with Gasteiger partial charge in [0.05, 0.1) is 20.9 Å². The van der Waals surface area contributed by atoms with Gasteiger partial charge >= 0.3 is 0 Å². The number of hydrogen-bond donors (Lipinski definition) is 2. The zero-order valence-electron chi connectivity index (χ0n) is 14.2. The Morgan fingerprint density at radius 3 is 2.70 bits per heavy atom. The number of carbonyl (C=O) groups excluding carboxylic acids is 2. The highest BCUT2D eigenvalue weighted by Crippen LogP contribution is 2.46. The second-order valence-electron chi connectivity index (χ2n) is 6.58. The first-order chi connectivity index (χ1) is 12.9. The molecule has 0 saturated carbocycles. The molecule has 6 nitrogen and oxygen atoms in total. The summed E-state index contributed by atoms with van der Waals surface area (Å²) in [6.07, 6.45) is 1.44. The molecule has 4 rings (SSSR count). The summed E-state index contributed by atoms with van der Waals surface area (Å²) in [5.41, 5.74) is 12.5. The average molecular weight is 446 g/mol. The van der Waals surface area contributed by atoms with E-state index in [-0.39, 0.29) is 11.3 Å². The Labute approximate surface area is 167 Å². The number of rotatable bonds is 4. The van der Waals surface area contributed by atoms with Crippen molar-refractivity contribution in [2.24, 2.45) is 5.73 Å². The second kappa shape index (κ2) is 6.61. The number of nitrogens with zero attached hydrogens (tertiary/aromatic N) is 1. The topological polar surface area (TPSA) is 112 Å². The van der Waals surface area contributed by atoms with Crippen molar-refractivity contribution in [3.8, 4) is 0 Å². The van der Waals surface area contributed by atoms with E-state index in [0.29, 0.717) is 45.1 Å². The van der Waals surface area contributed by atoms with Gasteiger partial charge in [-0.25, -0.2) is 0 Å². The van der Waals surface area contributed by atoms with E-state index >= 15 is 0 Å². The lowest BCUT2D eigenvalue weighted by atomic mass is 9.66. The molecule has 0 saturated heterocycles. The Bertz CT molecular complexity index is 1040. The molecule has 0 radical (unpaired) electrons. The number of fused-ring (bicyclic) bond motifs is 1. The van der Waals surface area contributed by atoms with Crippen molar-refractivity contribution in [1.82, 2.24) is 5.16 Å². The number of thiophene rings is 1. The maximum absolute atomic E-state index is 13.7. The van der Waals surface area contributed by atoms with Crippen LogP contribution in [0.1, 0.15) is 43.3 Å². The van der Waals surface area contributed by atoms with E-state index in [1.54, 1.807) is 6.07 Å². The third-order valence-corrected chi connectivity index (χ3v) is 6.49. The number of carbonyl (C=O) groups is 2. The number of hydrogen-bond acceptors (Lipinski definition) is 6. The Morgan fingerprint density at radius 2 is 2.07 bits per heavy atom. The molecule has 1 aromatic carbocycles. The van der Waals surface area contributed by atoms with Crippen molar-refractivity contribution in [2.45, 2.75) is 24.7 Å². The van der Waals surface area contributed by atoms with Crippen LogP contribution in [0, 0.1) is 0 Å². The maximum atomic E-state index is 13.7. The minimum Gasteiger partial charge on any atom is -0.390 e. The number of nitrogen functional groups attached to an aromatic ring is 1. The quantitative estimate of drug-likeness (QED) is 0.637. The summed E-state index contributed by atoms with van der Waals surface area (Å²) in [6, 6.07) is 11.4. The van der Waals surface area contributed by atoms with Gasteiger partial charge in [-0.2, -0.15) is 0 Å². The van der Waals surface area contributed by atoms with Crippen molar-refractivity contribution in [1.29, 1.82) is 0 Å². The lowest BCUT2D eigenvalue weighted by Gasteiger charge is -2.35. The minimum absolute atomic E-state index is 0.0633. The van der Waals surface area contributed by atoms with E-state index in [9.17, 15) is 9.59 Å². The van der Waals surface area contributed by atoms with Crippen LogP contribution in [-0.2, 0) is 18.3 Å². The van der Waals surface area contributed by atoms with Gasteiger partial charge in [0.15, 0.2) is 5.78 Å². The average Bonchev–Trinajstić information content (AvgIpc) is 3.21. The van der Waals surface area contributed by atoms with Crippen molar-refractivity contribution in [3.63, 3.8) is 0 Å². The van der Waals surface area contributed by atoms with Crippen molar-refractivity contribution in [2.75, 3.05) is 5.73 Å². The molecule has 1 atom stereocenters. The van der Waals surface area contributed by atoms with Gasteiger partial charge in [0, 0.05) is 12.5 Å². The number of halogens is 1. The minimum atomic E-state index is -0.806. The predicted octanol–water partition coefficient (Wildman–Crippen LogP) is 3.49. The standard InChI is InChI=1S/C19H16BrN3O3S/c20-13-8-11(26-23-13)9-19(10-4-2-1-3-5-10)7-6-12-14(17(21)25)18(22)27-15(12)16(19)24/h1-5,8H,6-7,9,22H2,(H2,21,25). The monoisotopic (exact) mass is 445 g/mol.